The van der Waals surface area contributed by atoms with Crippen molar-refractivity contribution in [3.63, 3.8) is 0 Å². The summed E-state index contributed by atoms with van der Waals surface area (Å²) in [4.78, 5) is 0. The fraction of sp³-hybridized carbons (Fsp3) is 0.538. The Kier molecular flexibility index (Phi) is 4.80. The predicted molar refractivity (Wildman–Crippen MR) is 69.8 cm³/mol. The second-order valence-electron chi connectivity index (χ2n) is 4.66. The van der Waals surface area contributed by atoms with Crippen molar-refractivity contribution in [2.45, 2.75) is 25.3 Å². The Balaban J connectivity index is 1.87. The van der Waals surface area contributed by atoms with Gasteiger partial charge in [-0.2, -0.15) is 0 Å². The zero-order chi connectivity index (χ0) is 12.1. The van der Waals surface area contributed by atoms with Gasteiger partial charge in [-0.3, -0.25) is 11.3 Å². The average molecular weight is 255 g/mol. The van der Waals surface area contributed by atoms with Crippen molar-refractivity contribution in [3.8, 4) is 0 Å². The van der Waals surface area contributed by atoms with Gasteiger partial charge in [0.2, 0.25) is 0 Å². The van der Waals surface area contributed by atoms with Gasteiger partial charge < -0.3 is 4.74 Å². The molecule has 0 aromatic heterocycles. The minimum absolute atomic E-state index is 0.308. The normalized spacial score (nSPS) is 21.6. The molecule has 1 heterocycles. The Morgan fingerprint density at radius 2 is 2.18 bits per heavy atom. The molecule has 1 aliphatic rings. The van der Waals surface area contributed by atoms with E-state index in [9.17, 15) is 0 Å². The fourth-order valence-corrected chi connectivity index (χ4v) is 2.41. The lowest BCUT2D eigenvalue weighted by atomic mass is 9.95. The third kappa shape index (κ3) is 3.96. The van der Waals surface area contributed by atoms with Gasteiger partial charge in [0.15, 0.2) is 0 Å². The number of hydrogen-bond acceptors (Lipinski definition) is 3. The first kappa shape index (κ1) is 12.8. The standard InChI is InChI=1S/C13H19ClN2O/c14-12-3-1-10(2-4-12)7-13(16-15)8-11-5-6-17-9-11/h1-4,11,13,16H,5-9,15H2. The Labute approximate surface area is 107 Å². The van der Waals surface area contributed by atoms with Crippen molar-refractivity contribution in [2.24, 2.45) is 11.8 Å². The van der Waals surface area contributed by atoms with Crippen LogP contribution >= 0.6 is 11.6 Å². The van der Waals surface area contributed by atoms with Crippen LogP contribution in [0, 0.1) is 5.92 Å². The van der Waals surface area contributed by atoms with Crippen LogP contribution in [-0.4, -0.2) is 19.3 Å². The van der Waals surface area contributed by atoms with Crippen LogP contribution in [-0.2, 0) is 11.2 Å². The van der Waals surface area contributed by atoms with Gasteiger partial charge in [-0.1, -0.05) is 23.7 Å². The fourth-order valence-electron chi connectivity index (χ4n) is 2.29. The molecule has 1 aromatic rings. The molecule has 0 amide bonds. The van der Waals surface area contributed by atoms with Crippen LogP contribution in [0.5, 0.6) is 0 Å². The van der Waals surface area contributed by atoms with E-state index in [1.165, 1.54) is 5.56 Å². The molecule has 4 heteroatoms. The SMILES string of the molecule is NNC(Cc1ccc(Cl)cc1)CC1CCOC1. The van der Waals surface area contributed by atoms with Gasteiger partial charge in [0.05, 0.1) is 0 Å². The molecule has 1 aliphatic heterocycles. The number of hydrazine groups is 1. The van der Waals surface area contributed by atoms with E-state index in [4.69, 9.17) is 22.2 Å². The number of halogens is 1. The summed E-state index contributed by atoms with van der Waals surface area (Å²) in [6.45, 7) is 1.77. The van der Waals surface area contributed by atoms with Crippen LogP contribution in [0.25, 0.3) is 0 Å². The van der Waals surface area contributed by atoms with Crippen molar-refractivity contribution >= 4 is 11.6 Å². The number of nitrogens with one attached hydrogen (secondary N) is 1. The van der Waals surface area contributed by atoms with Crippen LogP contribution in [0.3, 0.4) is 0 Å². The van der Waals surface area contributed by atoms with Gasteiger partial charge in [-0.15, -0.1) is 0 Å². The van der Waals surface area contributed by atoms with Crippen molar-refractivity contribution in [1.29, 1.82) is 0 Å². The molecule has 0 spiro atoms. The highest BCUT2D eigenvalue weighted by molar-refractivity contribution is 6.30. The molecule has 1 saturated heterocycles. The second-order valence-corrected chi connectivity index (χ2v) is 5.10. The monoisotopic (exact) mass is 254 g/mol. The first-order chi connectivity index (χ1) is 8.28. The zero-order valence-corrected chi connectivity index (χ0v) is 10.6. The van der Waals surface area contributed by atoms with Crippen LogP contribution < -0.4 is 11.3 Å². The molecule has 2 rings (SSSR count). The molecule has 3 nitrogen and oxygen atoms in total. The lowest BCUT2D eigenvalue weighted by molar-refractivity contribution is 0.181. The van der Waals surface area contributed by atoms with Gasteiger partial charge in [-0.05, 0) is 42.9 Å². The second kappa shape index (κ2) is 6.36. The summed E-state index contributed by atoms with van der Waals surface area (Å²) < 4.78 is 5.38. The summed E-state index contributed by atoms with van der Waals surface area (Å²) in [6.07, 6.45) is 3.15. The summed E-state index contributed by atoms with van der Waals surface area (Å²) >= 11 is 5.86. The van der Waals surface area contributed by atoms with E-state index < -0.39 is 0 Å². The molecule has 1 aromatic carbocycles. The number of ether oxygens (including phenoxy) is 1. The number of nitrogens with two attached hydrogens (primary N) is 1. The van der Waals surface area contributed by atoms with Gasteiger partial charge in [0, 0.05) is 24.3 Å². The predicted octanol–water partition coefficient (Wildman–Crippen LogP) is 2.14. The van der Waals surface area contributed by atoms with E-state index in [2.05, 4.69) is 17.6 Å². The lowest BCUT2D eigenvalue weighted by Crippen LogP contribution is -2.38. The molecule has 94 valence electrons. The third-order valence-corrected chi connectivity index (χ3v) is 3.52. The van der Waals surface area contributed by atoms with Crippen molar-refractivity contribution < 1.29 is 4.74 Å². The maximum atomic E-state index is 5.86. The number of rotatable bonds is 5. The number of hydrogen-bond donors (Lipinski definition) is 2. The van der Waals surface area contributed by atoms with Crippen molar-refractivity contribution in [1.82, 2.24) is 5.43 Å². The highest BCUT2D eigenvalue weighted by Gasteiger charge is 2.20. The minimum atomic E-state index is 0.308. The Bertz CT molecular complexity index is 336. The van der Waals surface area contributed by atoms with Gasteiger partial charge in [-0.25, -0.2) is 0 Å². The maximum absolute atomic E-state index is 5.86. The molecule has 2 unspecified atom stereocenters. The third-order valence-electron chi connectivity index (χ3n) is 3.27. The molecule has 1 fully saturated rings. The van der Waals surface area contributed by atoms with E-state index in [1.54, 1.807) is 0 Å². The summed E-state index contributed by atoms with van der Waals surface area (Å²) in [5.74, 6) is 6.25. The molecule has 17 heavy (non-hydrogen) atoms. The molecule has 0 bridgehead atoms. The van der Waals surface area contributed by atoms with Crippen molar-refractivity contribution in [3.05, 3.63) is 34.9 Å². The average Bonchev–Trinajstić information content (AvgIpc) is 2.84. The minimum Gasteiger partial charge on any atom is -0.381 e. The lowest BCUT2D eigenvalue weighted by Gasteiger charge is -2.19. The summed E-state index contributed by atoms with van der Waals surface area (Å²) in [7, 11) is 0. The topological polar surface area (TPSA) is 47.3 Å². The Morgan fingerprint density at radius 3 is 2.76 bits per heavy atom. The zero-order valence-electron chi connectivity index (χ0n) is 9.86. The van der Waals surface area contributed by atoms with E-state index >= 15 is 0 Å². The van der Waals surface area contributed by atoms with Crippen LogP contribution in [0.15, 0.2) is 24.3 Å². The molecule has 0 radical (unpaired) electrons. The molecular weight excluding hydrogens is 236 g/mol. The summed E-state index contributed by atoms with van der Waals surface area (Å²) in [5.41, 5.74) is 4.16. The van der Waals surface area contributed by atoms with Crippen LogP contribution in [0.1, 0.15) is 18.4 Å². The smallest absolute Gasteiger partial charge is 0.0495 e. The summed E-state index contributed by atoms with van der Waals surface area (Å²) in [5, 5.41) is 0.773. The summed E-state index contributed by atoms with van der Waals surface area (Å²) in [6, 6.07) is 8.25. The number of benzene rings is 1. The van der Waals surface area contributed by atoms with Gasteiger partial charge in [0.1, 0.15) is 0 Å². The molecule has 0 saturated carbocycles. The van der Waals surface area contributed by atoms with Gasteiger partial charge >= 0.3 is 0 Å². The molecular formula is C13H19ClN2O. The molecule has 0 aliphatic carbocycles. The highest BCUT2D eigenvalue weighted by atomic mass is 35.5. The first-order valence-electron chi connectivity index (χ1n) is 6.06. The molecule has 2 atom stereocenters. The molecule has 3 N–H and O–H groups in total. The van der Waals surface area contributed by atoms with E-state index in [0.717, 1.165) is 37.5 Å². The maximum Gasteiger partial charge on any atom is 0.0495 e. The Morgan fingerprint density at radius 1 is 1.41 bits per heavy atom. The largest absolute Gasteiger partial charge is 0.381 e. The van der Waals surface area contributed by atoms with E-state index in [0.29, 0.717) is 12.0 Å². The first-order valence-corrected chi connectivity index (χ1v) is 6.44. The van der Waals surface area contributed by atoms with Crippen LogP contribution in [0.4, 0.5) is 0 Å². The van der Waals surface area contributed by atoms with E-state index in [-0.39, 0.29) is 0 Å². The highest BCUT2D eigenvalue weighted by Crippen LogP contribution is 2.20. The van der Waals surface area contributed by atoms with Crippen LogP contribution in [0.2, 0.25) is 5.02 Å². The quantitative estimate of drug-likeness (QED) is 0.625. The van der Waals surface area contributed by atoms with E-state index in [1.807, 2.05) is 12.1 Å². The van der Waals surface area contributed by atoms with Crippen molar-refractivity contribution in [2.75, 3.05) is 13.2 Å². The van der Waals surface area contributed by atoms with Gasteiger partial charge in [0.25, 0.3) is 0 Å². The Hall–Kier alpha value is -0.610.